The first-order chi connectivity index (χ1) is 9.41. The second-order valence-corrected chi connectivity index (χ2v) is 6.31. The van der Waals surface area contributed by atoms with Gasteiger partial charge in [-0.05, 0) is 36.9 Å². The molecule has 2 aromatic rings. The Kier molecular flexibility index (Phi) is 4.40. The van der Waals surface area contributed by atoms with Crippen molar-refractivity contribution in [2.75, 3.05) is 6.54 Å². The minimum absolute atomic E-state index is 0.211. The lowest BCUT2D eigenvalue weighted by molar-refractivity contribution is 0.0470. The molecule has 108 valence electrons. The van der Waals surface area contributed by atoms with Crippen LogP contribution in [0.4, 0.5) is 4.39 Å². The molecule has 0 aliphatic rings. The first-order valence-electron chi connectivity index (χ1n) is 6.61. The van der Waals surface area contributed by atoms with Crippen LogP contribution in [0, 0.1) is 5.82 Å². The zero-order valence-corrected chi connectivity index (χ0v) is 12.4. The smallest absolute Gasteiger partial charge is 0.261 e. The number of hydrogen-bond donors (Lipinski definition) is 2. The maximum atomic E-state index is 13.1. The summed E-state index contributed by atoms with van der Waals surface area (Å²) in [5.41, 5.74) is -0.896. The second kappa shape index (κ2) is 5.89. The van der Waals surface area contributed by atoms with Crippen molar-refractivity contribution in [3.05, 3.63) is 35.0 Å². The summed E-state index contributed by atoms with van der Waals surface area (Å²) in [7, 11) is 0. The Bertz CT molecular complexity index is 621. The lowest BCUT2D eigenvalue weighted by Crippen LogP contribution is -2.40. The number of carbonyl (C=O) groups excluding carboxylic acids is 1. The highest BCUT2D eigenvalue weighted by atomic mass is 32.1. The van der Waals surface area contributed by atoms with Crippen molar-refractivity contribution < 1.29 is 14.3 Å². The SMILES string of the molecule is CCCC(C)(O)CNC(=O)c1cc2ccc(F)cc2s1. The molecule has 2 rings (SSSR count). The van der Waals surface area contributed by atoms with E-state index in [-0.39, 0.29) is 18.3 Å². The van der Waals surface area contributed by atoms with Gasteiger partial charge in [-0.3, -0.25) is 4.79 Å². The Morgan fingerprint density at radius 3 is 2.90 bits per heavy atom. The molecule has 0 aliphatic heterocycles. The highest BCUT2D eigenvalue weighted by Gasteiger charge is 2.20. The number of aliphatic hydroxyl groups is 1. The predicted octanol–water partition coefficient (Wildman–Crippen LogP) is 3.32. The van der Waals surface area contributed by atoms with E-state index in [2.05, 4.69) is 5.32 Å². The van der Waals surface area contributed by atoms with Gasteiger partial charge in [0.15, 0.2) is 0 Å². The summed E-state index contributed by atoms with van der Waals surface area (Å²) in [4.78, 5) is 12.6. The van der Waals surface area contributed by atoms with E-state index in [0.29, 0.717) is 11.3 Å². The topological polar surface area (TPSA) is 49.3 Å². The van der Waals surface area contributed by atoms with E-state index in [9.17, 15) is 14.3 Å². The van der Waals surface area contributed by atoms with E-state index in [1.165, 1.54) is 23.5 Å². The van der Waals surface area contributed by atoms with Gasteiger partial charge in [0, 0.05) is 11.2 Å². The van der Waals surface area contributed by atoms with Crippen molar-refractivity contribution in [2.24, 2.45) is 0 Å². The number of halogens is 1. The van der Waals surface area contributed by atoms with Gasteiger partial charge in [-0.25, -0.2) is 4.39 Å². The summed E-state index contributed by atoms with van der Waals surface area (Å²) in [5, 5.41) is 13.6. The van der Waals surface area contributed by atoms with Crippen LogP contribution in [-0.4, -0.2) is 23.2 Å². The lowest BCUT2D eigenvalue weighted by Gasteiger charge is -2.22. The highest BCUT2D eigenvalue weighted by molar-refractivity contribution is 7.20. The maximum absolute atomic E-state index is 13.1. The summed E-state index contributed by atoms with van der Waals surface area (Å²) in [6.45, 7) is 3.90. The van der Waals surface area contributed by atoms with Crippen LogP contribution in [-0.2, 0) is 0 Å². The minimum atomic E-state index is -0.896. The zero-order chi connectivity index (χ0) is 14.8. The number of nitrogens with one attached hydrogen (secondary N) is 1. The van der Waals surface area contributed by atoms with Crippen molar-refractivity contribution >= 4 is 27.3 Å². The maximum Gasteiger partial charge on any atom is 0.261 e. The van der Waals surface area contributed by atoms with Crippen LogP contribution in [0.3, 0.4) is 0 Å². The highest BCUT2D eigenvalue weighted by Crippen LogP contribution is 2.26. The average molecular weight is 295 g/mol. The van der Waals surface area contributed by atoms with Gasteiger partial charge in [0.05, 0.1) is 10.5 Å². The molecular weight excluding hydrogens is 277 g/mol. The molecule has 1 amide bonds. The van der Waals surface area contributed by atoms with Gasteiger partial charge >= 0.3 is 0 Å². The van der Waals surface area contributed by atoms with Gasteiger partial charge in [0.2, 0.25) is 0 Å². The molecular formula is C15H18FNO2S. The van der Waals surface area contributed by atoms with Crippen LogP contribution in [0.15, 0.2) is 24.3 Å². The number of thiophene rings is 1. The summed E-state index contributed by atoms with van der Waals surface area (Å²) < 4.78 is 13.9. The Hall–Kier alpha value is -1.46. The molecule has 0 radical (unpaired) electrons. The molecule has 2 N–H and O–H groups in total. The van der Waals surface area contributed by atoms with Crippen LogP contribution in [0.2, 0.25) is 0 Å². The van der Waals surface area contributed by atoms with Gasteiger partial charge in [0.1, 0.15) is 5.82 Å². The van der Waals surface area contributed by atoms with Gasteiger partial charge in [-0.15, -0.1) is 11.3 Å². The largest absolute Gasteiger partial charge is 0.388 e. The fraction of sp³-hybridized carbons (Fsp3) is 0.400. The standard InChI is InChI=1S/C15H18FNO2S/c1-3-6-15(2,19)9-17-14(18)13-7-10-4-5-11(16)8-12(10)20-13/h4-5,7-8,19H,3,6,9H2,1-2H3,(H,17,18). The molecule has 1 heterocycles. The van der Waals surface area contributed by atoms with E-state index in [4.69, 9.17) is 0 Å². The molecule has 0 saturated heterocycles. The molecule has 1 aromatic heterocycles. The first-order valence-corrected chi connectivity index (χ1v) is 7.42. The summed E-state index contributed by atoms with van der Waals surface area (Å²) in [5.74, 6) is -0.542. The molecule has 0 aliphatic carbocycles. The molecule has 1 unspecified atom stereocenters. The fourth-order valence-electron chi connectivity index (χ4n) is 2.10. The van der Waals surface area contributed by atoms with Crippen LogP contribution in [0.5, 0.6) is 0 Å². The Morgan fingerprint density at radius 1 is 1.45 bits per heavy atom. The van der Waals surface area contributed by atoms with Gasteiger partial charge in [-0.2, -0.15) is 0 Å². The number of hydrogen-bond acceptors (Lipinski definition) is 3. The minimum Gasteiger partial charge on any atom is -0.388 e. The zero-order valence-electron chi connectivity index (χ0n) is 11.6. The molecule has 1 aromatic carbocycles. The van der Waals surface area contributed by atoms with E-state index in [1.807, 2.05) is 6.92 Å². The third-order valence-electron chi connectivity index (χ3n) is 3.12. The molecule has 20 heavy (non-hydrogen) atoms. The van der Waals surface area contributed by atoms with E-state index >= 15 is 0 Å². The van der Waals surface area contributed by atoms with Crippen molar-refractivity contribution in [1.29, 1.82) is 0 Å². The van der Waals surface area contributed by atoms with Crippen molar-refractivity contribution in [1.82, 2.24) is 5.32 Å². The molecule has 0 fully saturated rings. The number of amides is 1. The third-order valence-corrected chi connectivity index (χ3v) is 4.22. The molecule has 1 atom stereocenters. The molecule has 0 spiro atoms. The van der Waals surface area contributed by atoms with Gasteiger partial charge < -0.3 is 10.4 Å². The van der Waals surface area contributed by atoms with Gasteiger partial charge in [-0.1, -0.05) is 19.4 Å². The Balaban J connectivity index is 2.08. The van der Waals surface area contributed by atoms with E-state index in [0.717, 1.165) is 16.5 Å². The number of benzene rings is 1. The van der Waals surface area contributed by atoms with Crippen LogP contribution in [0.1, 0.15) is 36.4 Å². The number of carbonyl (C=O) groups is 1. The lowest BCUT2D eigenvalue weighted by atomic mass is 10.0. The normalized spacial score (nSPS) is 14.2. The van der Waals surface area contributed by atoms with Crippen LogP contribution >= 0.6 is 11.3 Å². The molecule has 5 heteroatoms. The van der Waals surface area contributed by atoms with E-state index < -0.39 is 5.60 Å². The van der Waals surface area contributed by atoms with Crippen LogP contribution < -0.4 is 5.32 Å². The van der Waals surface area contributed by atoms with Crippen molar-refractivity contribution in [3.8, 4) is 0 Å². The molecule has 0 saturated carbocycles. The van der Waals surface area contributed by atoms with Gasteiger partial charge in [0.25, 0.3) is 5.91 Å². The Labute approximate surface area is 121 Å². The fourth-order valence-corrected chi connectivity index (χ4v) is 3.11. The number of fused-ring (bicyclic) bond motifs is 1. The third kappa shape index (κ3) is 3.55. The van der Waals surface area contributed by atoms with E-state index in [1.54, 1.807) is 19.1 Å². The predicted molar refractivity (Wildman–Crippen MR) is 79.6 cm³/mol. The summed E-state index contributed by atoms with van der Waals surface area (Å²) >= 11 is 1.25. The second-order valence-electron chi connectivity index (χ2n) is 5.22. The van der Waals surface area contributed by atoms with Crippen molar-refractivity contribution in [2.45, 2.75) is 32.3 Å². The van der Waals surface area contributed by atoms with Crippen molar-refractivity contribution in [3.63, 3.8) is 0 Å². The first kappa shape index (κ1) is 14.9. The Morgan fingerprint density at radius 2 is 2.20 bits per heavy atom. The summed E-state index contributed by atoms with van der Waals surface area (Å²) in [6.07, 6.45) is 1.48. The van der Waals surface area contributed by atoms with Crippen LogP contribution in [0.25, 0.3) is 10.1 Å². The summed E-state index contributed by atoms with van der Waals surface area (Å²) in [6, 6.07) is 6.20. The monoisotopic (exact) mass is 295 g/mol. The average Bonchev–Trinajstić information content (AvgIpc) is 2.79. The quantitative estimate of drug-likeness (QED) is 0.889. The molecule has 3 nitrogen and oxygen atoms in total. The number of rotatable bonds is 5. The molecule has 0 bridgehead atoms.